The zero-order valence-corrected chi connectivity index (χ0v) is 14.1. The molecule has 2 unspecified atom stereocenters. The van der Waals surface area contributed by atoms with Crippen LogP contribution < -0.4 is 10.1 Å². The van der Waals surface area contributed by atoms with Gasteiger partial charge in [-0.05, 0) is 49.9 Å². The first-order chi connectivity index (χ1) is 10.9. The highest BCUT2D eigenvalue weighted by Gasteiger charge is 2.29. The lowest BCUT2D eigenvalue weighted by molar-refractivity contribution is 0.314. The summed E-state index contributed by atoms with van der Waals surface area (Å²) in [4.78, 5) is 0. The second-order valence-electron chi connectivity index (χ2n) is 6.41. The molecule has 0 aliphatic carbocycles. The molecule has 2 heterocycles. The maximum absolute atomic E-state index is 13.6. The summed E-state index contributed by atoms with van der Waals surface area (Å²) >= 11 is 0. The van der Waals surface area contributed by atoms with Crippen molar-refractivity contribution in [3.05, 3.63) is 29.6 Å². The lowest BCUT2D eigenvalue weighted by Gasteiger charge is -2.21. The summed E-state index contributed by atoms with van der Waals surface area (Å²) in [6, 6.07) is 4.69. The largest absolute Gasteiger partial charge is 0.493 e. The number of ether oxygens (including phenoxy) is 1. The average Bonchev–Trinajstić information content (AvgIpc) is 2.88. The standard InChI is InChI=1S/C16H23FN2O3S/c1-23(20,21)19-7-6-12(11-19)10-18-15-3-2-8-22-16-5-4-13(17)9-14(15)16/h4-5,9,12,15,18H,2-3,6-8,10-11H2,1H3. The third kappa shape index (κ3) is 4.02. The van der Waals surface area contributed by atoms with Crippen LogP contribution in [0.25, 0.3) is 0 Å². The fourth-order valence-corrected chi connectivity index (χ4v) is 4.25. The molecule has 1 saturated heterocycles. The predicted octanol–water partition coefficient (Wildman–Crippen LogP) is 1.91. The molecule has 0 saturated carbocycles. The molecule has 1 fully saturated rings. The van der Waals surface area contributed by atoms with Crippen molar-refractivity contribution in [2.24, 2.45) is 5.92 Å². The van der Waals surface area contributed by atoms with Crippen LogP contribution in [0.5, 0.6) is 5.75 Å². The van der Waals surface area contributed by atoms with E-state index < -0.39 is 10.0 Å². The highest BCUT2D eigenvalue weighted by Crippen LogP contribution is 2.32. The van der Waals surface area contributed by atoms with Crippen LogP contribution in [0, 0.1) is 11.7 Å². The molecule has 0 spiro atoms. The van der Waals surface area contributed by atoms with Gasteiger partial charge in [-0.25, -0.2) is 17.1 Å². The third-order valence-electron chi connectivity index (χ3n) is 4.61. The van der Waals surface area contributed by atoms with Crippen LogP contribution in [0.3, 0.4) is 0 Å². The monoisotopic (exact) mass is 342 g/mol. The molecule has 128 valence electrons. The Labute approximate surface area is 136 Å². The van der Waals surface area contributed by atoms with Crippen molar-refractivity contribution in [2.45, 2.75) is 25.3 Å². The van der Waals surface area contributed by atoms with E-state index in [4.69, 9.17) is 4.74 Å². The number of fused-ring (bicyclic) bond motifs is 1. The van der Waals surface area contributed by atoms with Crippen LogP contribution in [-0.2, 0) is 10.0 Å². The molecule has 1 N–H and O–H groups in total. The van der Waals surface area contributed by atoms with Crippen molar-refractivity contribution in [1.29, 1.82) is 0 Å². The number of sulfonamides is 1. The predicted molar refractivity (Wildman–Crippen MR) is 86.4 cm³/mol. The minimum atomic E-state index is -3.10. The molecule has 0 aromatic heterocycles. The van der Waals surface area contributed by atoms with Crippen molar-refractivity contribution in [1.82, 2.24) is 9.62 Å². The first-order valence-corrected chi connectivity index (χ1v) is 9.89. The van der Waals surface area contributed by atoms with Crippen LogP contribution in [0.15, 0.2) is 18.2 Å². The van der Waals surface area contributed by atoms with Gasteiger partial charge >= 0.3 is 0 Å². The molecule has 23 heavy (non-hydrogen) atoms. The topological polar surface area (TPSA) is 58.6 Å². The molecule has 1 aromatic rings. The van der Waals surface area contributed by atoms with E-state index in [0.717, 1.165) is 37.1 Å². The van der Waals surface area contributed by atoms with Crippen LogP contribution in [0.1, 0.15) is 30.9 Å². The van der Waals surface area contributed by atoms with Gasteiger partial charge in [0.05, 0.1) is 12.9 Å². The summed E-state index contributed by atoms with van der Waals surface area (Å²) in [6.07, 6.45) is 3.91. The quantitative estimate of drug-likeness (QED) is 0.908. The van der Waals surface area contributed by atoms with E-state index in [2.05, 4.69) is 5.32 Å². The molecular formula is C16H23FN2O3S. The van der Waals surface area contributed by atoms with E-state index in [1.165, 1.54) is 22.7 Å². The Morgan fingerprint density at radius 3 is 2.96 bits per heavy atom. The summed E-state index contributed by atoms with van der Waals surface area (Å²) in [5, 5.41) is 3.49. The van der Waals surface area contributed by atoms with Gasteiger partial charge in [0.1, 0.15) is 11.6 Å². The van der Waals surface area contributed by atoms with Gasteiger partial charge in [-0.2, -0.15) is 0 Å². The van der Waals surface area contributed by atoms with Crippen LogP contribution >= 0.6 is 0 Å². The molecule has 0 bridgehead atoms. The van der Waals surface area contributed by atoms with Gasteiger partial charge in [0, 0.05) is 24.7 Å². The fraction of sp³-hybridized carbons (Fsp3) is 0.625. The van der Waals surface area contributed by atoms with Gasteiger partial charge < -0.3 is 10.1 Å². The van der Waals surface area contributed by atoms with Gasteiger partial charge in [-0.3, -0.25) is 0 Å². The molecule has 2 aliphatic heterocycles. The Kier molecular flexibility index (Phi) is 4.89. The zero-order valence-electron chi connectivity index (χ0n) is 13.3. The smallest absolute Gasteiger partial charge is 0.211 e. The molecule has 3 rings (SSSR count). The molecule has 2 aliphatic rings. The van der Waals surface area contributed by atoms with Crippen molar-refractivity contribution in [3.63, 3.8) is 0 Å². The second-order valence-corrected chi connectivity index (χ2v) is 8.39. The number of halogens is 1. The summed E-state index contributed by atoms with van der Waals surface area (Å²) in [6.45, 7) is 2.52. The Hall–Kier alpha value is -1.18. The van der Waals surface area contributed by atoms with E-state index in [-0.39, 0.29) is 11.9 Å². The number of benzene rings is 1. The number of nitrogens with zero attached hydrogens (tertiary/aromatic N) is 1. The van der Waals surface area contributed by atoms with Gasteiger partial charge in [0.15, 0.2) is 0 Å². The number of hydrogen-bond acceptors (Lipinski definition) is 4. The molecule has 1 aromatic carbocycles. The summed E-state index contributed by atoms with van der Waals surface area (Å²) in [5.74, 6) is 0.779. The van der Waals surface area contributed by atoms with E-state index in [1.54, 1.807) is 6.07 Å². The fourth-order valence-electron chi connectivity index (χ4n) is 3.33. The number of hydrogen-bond donors (Lipinski definition) is 1. The van der Waals surface area contributed by atoms with Gasteiger partial charge in [-0.15, -0.1) is 0 Å². The summed E-state index contributed by atoms with van der Waals surface area (Å²) < 4.78 is 43.9. The van der Waals surface area contributed by atoms with Crippen molar-refractivity contribution in [3.8, 4) is 5.75 Å². The normalized spacial score (nSPS) is 25.7. The zero-order chi connectivity index (χ0) is 16.4. The first-order valence-electron chi connectivity index (χ1n) is 8.04. The van der Waals surface area contributed by atoms with E-state index in [1.807, 2.05) is 0 Å². The molecule has 7 heteroatoms. The van der Waals surface area contributed by atoms with E-state index >= 15 is 0 Å². The molecule has 5 nitrogen and oxygen atoms in total. The average molecular weight is 342 g/mol. The molecule has 2 atom stereocenters. The summed E-state index contributed by atoms with van der Waals surface area (Å²) in [5.41, 5.74) is 0.862. The van der Waals surface area contributed by atoms with Crippen molar-refractivity contribution in [2.75, 3.05) is 32.5 Å². The van der Waals surface area contributed by atoms with E-state index in [0.29, 0.717) is 25.6 Å². The van der Waals surface area contributed by atoms with Crippen LogP contribution in [-0.4, -0.2) is 45.2 Å². The maximum Gasteiger partial charge on any atom is 0.211 e. The Bertz CT molecular complexity index is 665. The van der Waals surface area contributed by atoms with E-state index in [9.17, 15) is 12.8 Å². The highest BCUT2D eigenvalue weighted by atomic mass is 32.2. The Morgan fingerprint density at radius 1 is 1.39 bits per heavy atom. The number of nitrogens with one attached hydrogen (secondary N) is 1. The first kappa shape index (κ1) is 16.7. The van der Waals surface area contributed by atoms with Gasteiger partial charge in [0.2, 0.25) is 10.0 Å². The van der Waals surface area contributed by atoms with Gasteiger partial charge in [0.25, 0.3) is 0 Å². The van der Waals surface area contributed by atoms with Crippen molar-refractivity contribution >= 4 is 10.0 Å². The Morgan fingerprint density at radius 2 is 2.22 bits per heavy atom. The lowest BCUT2D eigenvalue weighted by atomic mass is 10.0. The van der Waals surface area contributed by atoms with Crippen molar-refractivity contribution < 1.29 is 17.5 Å². The molecule has 0 radical (unpaired) electrons. The van der Waals surface area contributed by atoms with Crippen LogP contribution in [0.2, 0.25) is 0 Å². The lowest BCUT2D eigenvalue weighted by Crippen LogP contribution is -2.31. The SMILES string of the molecule is CS(=O)(=O)N1CCC(CNC2CCCOc3ccc(F)cc32)C1. The molecular weight excluding hydrogens is 319 g/mol. The third-order valence-corrected chi connectivity index (χ3v) is 5.88. The minimum Gasteiger partial charge on any atom is -0.493 e. The van der Waals surface area contributed by atoms with Crippen LogP contribution in [0.4, 0.5) is 4.39 Å². The summed E-state index contributed by atoms with van der Waals surface area (Å²) in [7, 11) is -3.10. The Balaban J connectivity index is 1.64. The highest BCUT2D eigenvalue weighted by molar-refractivity contribution is 7.88. The maximum atomic E-state index is 13.6. The second kappa shape index (κ2) is 6.75. The van der Waals surface area contributed by atoms with Gasteiger partial charge in [-0.1, -0.05) is 0 Å². The molecule has 0 amide bonds. The minimum absolute atomic E-state index is 0.0514. The number of rotatable bonds is 4.